The van der Waals surface area contributed by atoms with Gasteiger partial charge >= 0.3 is 0 Å². The molecule has 0 atom stereocenters. The van der Waals surface area contributed by atoms with E-state index in [4.69, 9.17) is 5.73 Å². The lowest BCUT2D eigenvalue weighted by molar-refractivity contribution is 0.506. The van der Waals surface area contributed by atoms with E-state index in [1.807, 2.05) is 0 Å². The maximum atomic E-state index is 12.5. The van der Waals surface area contributed by atoms with Crippen molar-refractivity contribution in [1.29, 1.82) is 0 Å². The van der Waals surface area contributed by atoms with E-state index in [0.29, 0.717) is 10.0 Å². The van der Waals surface area contributed by atoms with Gasteiger partial charge in [-0.3, -0.25) is 0 Å². The Morgan fingerprint density at radius 3 is 2.25 bits per heavy atom. The van der Waals surface area contributed by atoms with Crippen LogP contribution in [0, 0.1) is 11.6 Å². The lowest BCUT2D eigenvalue weighted by Gasteiger charge is -2.00. The zero-order valence-corrected chi connectivity index (χ0v) is 8.38. The first-order valence-electron chi connectivity index (χ1n) is 2.98. The van der Waals surface area contributed by atoms with Crippen LogP contribution in [-0.2, 0) is 6.54 Å². The number of hydrogen-bond acceptors (Lipinski definition) is 1. The Hall–Kier alpha value is -0.190. The van der Waals surface area contributed by atoms with E-state index in [0.717, 1.165) is 12.1 Å². The van der Waals surface area contributed by atoms with Crippen LogP contribution < -0.4 is 5.73 Å². The summed E-state index contributed by atoms with van der Waals surface area (Å²) in [6.45, 7) is 0.192. The van der Waals surface area contributed by atoms with Gasteiger partial charge in [0, 0.05) is 11.0 Å². The van der Waals surface area contributed by atoms with Crippen molar-refractivity contribution in [2.24, 2.45) is 5.73 Å². The average Bonchev–Trinajstić information content (AvgIpc) is 1.97. The van der Waals surface area contributed by atoms with E-state index in [1.54, 1.807) is 0 Å². The number of nitrogens with two attached hydrogens (primary N) is 1. The van der Waals surface area contributed by atoms with Crippen LogP contribution in [0.3, 0.4) is 0 Å². The average molecular weight is 258 g/mol. The Morgan fingerprint density at radius 2 is 1.75 bits per heavy atom. The van der Waals surface area contributed by atoms with E-state index in [2.05, 4.69) is 15.9 Å². The summed E-state index contributed by atoms with van der Waals surface area (Å²) in [6, 6.07) is 2.15. The summed E-state index contributed by atoms with van der Waals surface area (Å²) in [7, 11) is 0. The van der Waals surface area contributed by atoms with Crippen LogP contribution in [0.4, 0.5) is 8.78 Å². The summed E-state index contributed by atoms with van der Waals surface area (Å²) in [6.07, 6.45) is 0. The SMILES string of the molecule is Cl.NCc1cc(F)c(F)cc1Br. The second-order valence-corrected chi connectivity index (χ2v) is 2.92. The third-order valence-electron chi connectivity index (χ3n) is 1.31. The fourth-order valence-electron chi connectivity index (χ4n) is 0.720. The molecule has 68 valence electrons. The van der Waals surface area contributed by atoms with E-state index in [9.17, 15) is 8.78 Å². The highest BCUT2D eigenvalue weighted by Gasteiger charge is 2.05. The predicted molar refractivity (Wildman–Crippen MR) is 49.2 cm³/mol. The van der Waals surface area contributed by atoms with Crippen molar-refractivity contribution in [2.45, 2.75) is 6.54 Å². The standard InChI is InChI=1S/C7H6BrF2N.ClH/c8-5-2-7(10)6(9)1-4(5)3-11;/h1-2H,3,11H2;1H. The highest BCUT2D eigenvalue weighted by Crippen LogP contribution is 2.19. The minimum Gasteiger partial charge on any atom is -0.326 e. The molecule has 0 radical (unpaired) electrons. The molecule has 0 fully saturated rings. The molecule has 0 saturated carbocycles. The molecule has 0 bridgehead atoms. The molecule has 1 nitrogen and oxygen atoms in total. The molecule has 12 heavy (non-hydrogen) atoms. The molecule has 1 aromatic rings. The molecule has 0 aliphatic carbocycles. The number of hydrogen-bond donors (Lipinski definition) is 1. The first kappa shape index (κ1) is 11.8. The summed E-state index contributed by atoms with van der Waals surface area (Å²) >= 11 is 3.05. The second-order valence-electron chi connectivity index (χ2n) is 2.06. The number of benzene rings is 1. The molecule has 0 saturated heterocycles. The molecule has 1 aromatic carbocycles. The van der Waals surface area contributed by atoms with Crippen LogP contribution in [0.1, 0.15) is 5.56 Å². The molecule has 2 N–H and O–H groups in total. The summed E-state index contributed by atoms with van der Waals surface area (Å²) in [5.41, 5.74) is 5.81. The van der Waals surface area contributed by atoms with Gasteiger partial charge in [0.05, 0.1) is 0 Å². The van der Waals surface area contributed by atoms with E-state index in [-0.39, 0.29) is 19.0 Å². The fraction of sp³-hybridized carbons (Fsp3) is 0.143. The monoisotopic (exact) mass is 257 g/mol. The predicted octanol–water partition coefficient (Wildman–Crippen LogP) is 2.61. The maximum Gasteiger partial charge on any atom is 0.159 e. The van der Waals surface area contributed by atoms with Crippen LogP contribution >= 0.6 is 28.3 Å². The normalized spacial score (nSPS) is 9.33. The van der Waals surface area contributed by atoms with Crippen LogP contribution in [0.25, 0.3) is 0 Å². The van der Waals surface area contributed by atoms with Crippen molar-refractivity contribution in [3.63, 3.8) is 0 Å². The molecule has 5 heteroatoms. The minimum atomic E-state index is -0.867. The van der Waals surface area contributed by atoms with E-state index >= 15 is 0 Å². The Balaban J connectivity index is 0.00000121. The van der Waals surface area contributed by atoms with Gasteiger partial charge in [0.25, 0.3) is 0 Å². The zero-order chi connectivity index (χ0) is 8.43. The topological polar surface area (TPSA) is 26.0 Å². The molecule has 1 rings (SSSR count). The summed E-state index contributed by atoms with van der Waals surface area (Å²) in [5, 5.41) is 0. The zero-order valence-electron chi connectivity index (χ0n) is 5.98. The van der Waals surface area contributed by atoms with Gasteiger partial charge in [-0.1, -0.05) is 15.9 Å². The maximum absolute atomic E-state index is 12.5. The number of halogens is 4. The van der Waals surface area contributed by atoms with Gasteiger partial charge in [-0.15, -0.1) is 12.4 Å². The van der Waals surface area contributed by atoms with Crippen molar-refractivity contribution in [2.75, 3.05) is 0 Å². The van der Waals surface area contributed by atoms with Crippen molar-refractivity contribution >= 4 is 28.3 Å². The van der Waals surface area contributed by atoms with Crippen molar-refractivity contribution < 1.29 is 8.78 Å². The first-order chi connectivity index (χ1) is 5.15. The molecule has 0 amide bonds. The molecule has 0 spiro atoms. The molecule has 0 unspecified atom stereocenters. The molecular weight excluding hydrogens is 251 g/mol. The highest BCUT2D eigenvalue weighted by atomic mass is 79.9. The van der Waals surface area contributed by atoms with Gasteiger partial charge in [0.2, 0.25) is 0 Å². The molecular formula is C7H7BrClF2N. The Bertz CT molecular complexity index is 280. The molecule has 0 heterocycles. The third-order valence-corrected chi connectivity index (χ3v) is 2.05. The first-order valence-corrected chi connectivity index (χ1v) is 3.78. The van der Waals surface area contributed by atoms with Gasteiger partial charge < -0.3 is 5.73 Å². The Kier molecular flexibility index (Phi) is 4.67. The van der Waals surface area contributed by atoms with Gasteiger partial charge in [0.1, 0.15) is 0 Å². The summed E-state index contributed by atoms with van der Waals surface area (Å²) < 4.78 is 25.4. The second kappa shape index (κ2) is 4.74. The third kappa shape index (κ3) is 2.40. The lowest BCUT2D eigenvalue weighted by Crippen LogP contribution is -1.99. The lowest BCUT2D eigenvalue weighted by atomic mass is 10.2. The van der Waals surface area contributed by atoms with Gasteiger partial charge in [-0.05, 0) is 17.7 Å². The number of rotatable bonds is 1. The van der Waals surface area contributed by atoms with Crippen molar-refractivity contribution in [3.8, 4) is 0 Å². The smallest absolute Gasteiger partial charge is 0.159 e. The summed E-state index contributed by atoms with van der Waals surface area (Å²) in [5.74, 6) is -1.73. The Labute approximate surface area is 83.5 Å². The molecule has 0 aromatic heterocycles. The van der Waals surface area contributed by atoms with Crippen LogP contribution in [0.2, 0.25) is 0 Å². The van der Waals surface area contributed by atoms with Crippen molar-refractivity contribution in [1.82, 2.24) is 0 Å². The Morgan fingerprint density at radius 1 is 1.25 bits per heavy atom. The van der Waals surface area contributed by atoms with Crippen LogP contribution in [0.15, 0.2) is 16.6 Å². The van der Waals surface area contributed by atoms with Gasteiger partial charge in [-0.25, -0.2) is 8.78 Å². The van der Waals surface area contributed by atoms with Crippen LogP contribution in [0.5, 0.6) is 0 Å². The quantitative estimate of drug-likeness (QED) is 0.770. The van der Waals surface area contributed by atoms with E-state index in [1.165, 1.54) is 0 Å². The van der Waals surface area contributed by atoms with E-state index < -0.39 is 11.6 Å². The largest absolute Gasteiger partial charge is 0.326 e. The summed E-state index contributed by atoms with van der Waals surface area (Å²) in [4.78, 5) is 0. The van der Waals surface area contributed by atoms with Crippen molar-refractivity contribution in [3.05, 3.63) is 33.8 Å². The highest BCUT2D eigenvalue weighted by molar-refractivity contribution is 9.10. The van der Waals surface area contributed by atoms with Gasteiger partial charge in [0.15, 0.2) is 11.6 Å². The van der Waals surface area contributed by atoms with Crippen LogP contribution in [-0.4, -0.2) is 0 Å². The molecule has 0 aliphatic heterocycles. The van der Waals surface area contributed by atoms with Gasteiger partial charge in [-0.2, -0.15) is 0 Å². The molecule has 0 aliphatic rings. The minimum absolute atomic E-state index is 0. The fourth-order valence-corrected chi connectivity index (χ4v) is 1.20.